The smallest absolute Gasteiger partial charge is 0.335 e. The van der Waals surface area contributed by atoms with E-state index in [4.69, 9.17) is 5.11 Å². The van der Waals surface area contributed by atoms with Crippen molar-refractivity contribution in [2.24, 2.45) is 5.92 Å². The number of likely N-dealkylation sites (tertiary alicyclic amines) is 1. The van der Waals surface area contributed by atoms with Crippen molar-refractivity contribution in [2.75, 3.05) is 6.54 Å². The molecule has 1 aromatic rings. The van der Waals surface area contributed by atoms with E-state index in [2.05, 4.69) is 0 Å². The quantitative estimate of drug-likeness (QED) is 0.687. The van der Waals surface area contributed by atoms with Crippen LogP contribution in [0.2, 0.25) is 0 Å². The molecule has 3 rings (SSSR count). The molecule has 1 aromatic carbocycles. The minimum absolute atomic E-state index is 0.0500. The Morgan fingerprint density at radius 3 is 2.56 bits per heavy atom. The minimum Gasteiger partial charge on any atom is -0.478 e. The number of aliphatic hydroxyl groups is 1. The predicted molar refractivity (Wildman–Crippen MR) is 104 cm³/mol. The van der Waals surface area contributed by atoms with Crippen LogP contribution in [0.1, 0.15) is 60.9 Å². The van der Waals surface area contributed by atoms with Gasteiger partial charge in [-0.2, -0.15) is 0 Å². The molecule has 1 aliphatic heterocycles. The van der Waals surface area contributed by atoms with Crippen molar-refractivity contribution in [3.8, 4) is 0 Å². The van der Waals surface area contributed by atoms with E-state index in [-0.39, 0.29) is 17.5 Å². The van der Waals surface area contributed by atoms with Crippen molar-refractivity contribution in [1.29, 1.82) is 0 Å². The molecule has 0 aromatic heterocycles. The van der Waals surface area contributed by atoms with E-state index in [1.165, 1.54) is 25.7 Å². The van der Waals surface area contributed by atoms with E-state index in [1.54, 1.807) is 24.3 Å². The normalized spacial score (nSPS) is 22.0. The summed E-state index contributed by atoms with van der Waals surface area (Å²) in [6, 6.07) is 6.86. The molecule has 1 amide bonds. The summed E-state index contributed by atoms with van der Waals surface area (Å²) in [7, 11) is 0. The average molecular weight is 371 g/mol. The first-order valence-electron chi connectivity index (χ1n) is 10.0. The third-order valence-corrected chi connectivity index (χ3v) is 5.82. The number of aromatic carboxylic acids is 1. The van der Waals surface area contributed by atoms with Gasteiger partial charge in [0.2, 0.25) is 5.91 Å². The molecule has 5 nitrogen and oxygen atoms in total. The number of aliphatic hydroxyl groups excluding tert-OH is 1. The fraction of sp³-hybridized carbons (Fsp3) is 0.545. The zero-order chi connectivity index (χ0) is 19.2. The summed E-state index contributed by atoms with van der Waals surface area (Å²) >= 11 is 0. The van der Waals surface area contributed by atoms with Crippen molar-refractivity contribution in [2.45, 2.75) is 63.5 Å². The number of rotatable bonds is 8. The molecule has 2 N–H and O–H groups in total. The highest BCUT2D eigenvalue weighted by molar-refractivity contribution is 5.87. The van der Waals surface area contributed by atoms with E-state index >= 15 is 0 Å². The molecule has 1 heterocycles. The summed E-state index contributed by atoms with van der Waals surface area (Å²) in [6.45, 7) is 0.610. The number of benzene rings is 1. The largest absolute Gasteiger partial charge is 0.478 e. The lowest BCUT2D eigenvalue weighted by Gasteiger charge is -2.23. The van der Waals surface area contributed by atoms with Crippen LogP contribution in [-0.4, -0.2) is 45.7 Å². The summed E-state index contributed by atoms with van der Waals surface area (Å²) in [6.07, 6.45) is 11.3. The van der Waals surface area contributed by atoms with Gasteiger partial charge >= 0.3 is 5.97 Å². The first-order chi connectivity index (χ1) is 13.0. The molecular formula is C22H29NO4. The molecule has 0 radical (unpaired) electrons. The Morgan fingerprint density at radius 2 is 1.89 bits per heavy atom. The summed E-state index contributed by atoms with van der Waals surface area (Å²) in [5, 5.41) is 19.2. The maximum absolute atomic E-state index is 12.2. The van der Waals surface area contributed by atoms with Gasteiger partial charge in [-0.15, -0.1) is 0 Å². The van der Waals surface area contributed by atoms with E-state index in [0.29, 0.717) is 25.3 Å². The van der Waals surface area contributed by atoms with Crippen molar-refractivity contribution in [3.63, 3.8) is 0 Å². The minimum atomic E-state index is -0.933. The van der Waals surface area contributed by atoms with Crippen molar-refractivity contribution in [1.82, 2.24) is 4.90 Å². The molecule has 1 saturated carbocycles. The number of carboxylic acid groups (broad SMARTS) is 1. The van der Waals surface area contributed by atoms with Gasteiger partial charge in [0.1, 0.15) is 0 Å². The Labute approximate surface area is 160 Å². The van der Waals surface area contributed by atoms with Crippen LogP contribution in [0.4, 0.5) is 0 Å². The third kappa shape index (κ3) is 5.42. The summed E-state index contributed by atoms with van der Waals surface area (Å²) in [4.78, 5) is 25.0. The van der Waals surface area contributed by atoms with Crippen molar-refractivity contribution in [3.05, 3.63) is 47.5 Å². The monoisotopic (exact) mass is 371 g/mol. The fourth-order valence-corrected chi connectivity index (χ4v) is 4.23. The van der Waals surface area contributed by atoms with Gasteiger partial charge in [-0.3, -0.25) is 4.79 Å². The van der Waals surface area contributed by atoms with E-state index in [9.17, 15) is 14.7 Å². The number of carbonyl (C=O) groups is 2. The number of hydrogen-bond acceptors (Lipinski definition) is 3. The van der Waals surface area contributed by atoms with Gasteiger partial charge in [0.25, 0.3) is 0 Å². The molecule has 1 saturated heterocycles. The first kappa shape index (κ1) is 19.6. The number of carboxylic acids is 1. The first-order valence-corrected chi connectivity index (χ1v) is 10.0. The van der Waals surface area contributed by atoms with Crippen LogP contribution in [0.15, 0.2) is 36.4 Å². The van der Waals surface area contributed by atoms with Gasteiger partial charge in [0.05, 0.1) is 17.7 Å². The summed E-state index contributed by atoms with van der Waals surface area (Å²) in [5.74, 6) is -0.144. The highest BCUT2D eigenvalue weighted by atomic mass is 16.4. The molecule has 0 spiro atoms. The predicted octanol–water partition coefficient (Wildman–Crippen LogP) is 3.42. The second-order valence-corrected chi connectivity index (χ2v) is 7.78. The second kappa shape index (κ2) is 9.18. The molecule has 5 heteroatoms. The molecule has 2 aliphatic rings. The molecular weight excluding hydrogens is 342 g/mol. The van der Waals surface area contributed by atoms with Crippen LogP contribution in [-0.2, 0) is 11.2 Å². The SMILES string of the molecule is O=C(O)c1ccc(CCN2C(=O)CC[C@@H]2/C=C/[C@@H](O)CC2CCCC2)cc1. The number of amides is 1. The van der Waals surface area contributed by atoms with E-state index in [1.807, 2.05) is 17.1 Å². The summed E-state index contributed by atoms with van der Waals surface area (Å²) in [5.41, 5.74) is 1.29. The average Bonchev–Trinajstić information content (AvgIpc) is 3.28. The molecule has 27 heavy (non-hydrogen) atoms. The lowest BCUT2D eigenvalue weighted by Crippen LogP contribution is -2.33. The molecule has 2 atom stereocenters. The molecule has 1 aliphatic carbocycles. The Kier molecular flexibility index (Phi) is 6.67. The molecule has 2 fully saturated rings. The van der Waals surface area contributed by atoms with Gasteiger partial charge in [0.15, 0.2) is 0 Å². The van der Waals surface area contributed by atoms with Crippen molar-refractivity contribution < 1.29 is 19.8 Å². The second-order valence-electron chi connectivity index (χ2n) is 7.78. The van der Waals surface area contributed by atoms with Gasteiger partial charge < -0.3 is 15.1 Å². The standard InChI is InChI=1S/C22H29NO4/c24-20(15-17-3-1-2-4-17)11-9-19-10-12-21(25)23(19)14-13-16-5-7-18(8-6-16)22(26)27/h5-9,11,17,19-20,24H,1-4,10,12-15H2,(H,26,27)/b11-9+/t19-,20+/m0/s1. The lowest BCUT2D eigenvalue weighted by molar-refractivity contribution is -0.128. The Balaban J connectivity index is 1.52. The zero-order valence-corrected chi connectivity index (χ0v) is 15.7. The lowest BCUT2D eigenvalue weighted by atomic mass is 9.99. The van der Waals surface area contributed by atoms with Gasteiger partial charge in [-0.25, -0.2) is 4.79 Å². The zero-order valence-electron chi connectivity index (χ0n) is 15.7. The van der Waals surface area contributed by atoms with Gasteiger partial charge in [-0.1, -0.05) is 50.0 Å². The molecule has 146 valence electrons. The van der Waals surface area contributed by atoms with Gasteiger partial charge in [-0.05, 0) is 42.9 Å². The van der Waals surface area contributed by atoms with Crippen LogP contribution in [0.3, 0.4) is 0 Å². The highest BCUT2D eigenvalue weighted by Crippen LogP contribution is 2.29. The van der Waals surface area contributed by atoms with Crippen molar-refractivity contribution >= 4 is 11.9 Å². The Hall–Kier alpha value is -2.14. The van der Waals surface area contributed by atoms with Crippen LogP contribution < -0.4 is 0 Å². The number of carbonyl (C=O) groups excluding carboxylic acids is 1. The molecule has 0 bridgehead atoms. The number of nitrogens with zero attached hydrogens (tertiary/aromatic N) is 1. The maximum Gasteiger partial charge on any atom is 0.335 e. The van der Waals surface area contributed by atoms with E-state index in [0.717, 1.165) is 18.4 Å². The number of hydrogen-bond donors (Lipinski definition) is 2. The highest BCUT2D eigenvalue weighted by Gasteiger charge is 2.29. The van der Waals surface area contributed by atoms with Crippen LogP contribution in [0.25, 0.3) is 0 Å². The van der Waals surface area contributed by atoms with Crippen LogP contribution >= 0.6 is 0 Å². The fourth-order valence-electron chi connectivity index (χ4n) is 4.23. The topological polar surface area (TPSA) is 77.8 Å². The maximum atomic E-state index is 12.2. The summed E-state index contributed by atoms with van der Waals surface area (Å²) < 4.78 is 0. The Bertz CT molecular complexity index is 676. The third-order valence-electron chi connectivity index (χ3n) is 5.82. The Morgan fingerprint density at radius 1 is 1.19 bits per heavy atom. The molecule has 0 unspecified atom stereocenters. The van der Waals surface area contributed by atoms with Crippen LogP contribution in [0, 0.1) is 5.92 Å². The van der Waals surface area contributed by atoms with Gasteiger partial charge in [0, 0.05) is 13.0 Å². The van der Waals surface area contributed by atoms with E-state index < -0.39 is 12.1 Å². The van der Waals surface area contributed by atoms with Crippen LogP contribution in [0.5, 0.6) is 0 Å².